The predicted octanol–water partition coefficient (Wildman–Crippen LogP) is 3.80. The predicted molar refractivity (Wildman–Crippen MR) is 117 cm³/mol. The molecule has 1 aromatic heterocycles. The molecule has 162 valence electrons. The Morgan fingerprint density at radius 2 is 1.71 bits per heavy atom. The number of hydrogen-bond donors (Lipinski definition) is 1. The van der Waals surface area contributed by atoms with Crippen LogP contribution in [0.5, 0.6) is 28.9 Å². The van der Waals surface area contributed by atoms with Crippen molar-refractivity contribution in [1.29, 1.82) is 0 Å². The monoisotopic (exact) mass is 422 g/mol. The second-order valence-electron chi connectivity index (χ2n) is 6.75. The topological polar surface area (TPSA) is 78.9 Å². The van der Waals surface area contributed by atoms with Crippen molar-refractivity contribution in [2.45, 2.75) is 12.8 Å². The first-order valence-corrected chi connectivity index (χ1v) is 9.85. The number of nitrogens with one attached hydrogen (secondary N) is 1. The number of rotatable bonds is 10. The Bertz CT molecular complexity index is 1010. The molecule has 0 aliphatic rings. The van der Waals surface area contributed by atoms with E-state index in [1.165, 1.54) is 0 Å². The van der Waals surface area contributed by atoms with Crippen molar-refractivity contribution in [2.75, 3.05) is 27.9 Å². The summed E-state index contributed by atoms with van der Waals surface area (Å²) in [4.78, 5) is 16.5. The number of hydrogen-bond acceptors (Lipinski definition) is 6. The number of nitrogens with zero attached hydrogens (tertiary/aromatic N) is 1. The summed E-state index contributed by atoms with van der Waals surface area (Å²) >= 11 is 0. The highest BCUT2D eigenvalue weighted by atomic mass is 16.5. The maximum atomic E-state index is 12.3. The molecule has 7 nitrogen and oxygen atoms in total. The molecule has 0 saturated heterocycles. The van der Waals surface area contributed by atoms with Crippen LogP contribution in [-0.2, 0) is 17.6 Å². The number of aromatic nitrogens is 1. The third-order valence-electron chi connectivity index (χ3n) is 4.62. The largest absolute Gasteiger partial charge is 0.497 e. The van der Waals surface area contributed by atoms with Crippen LogP contribution in [0.3, 0.4) is 0 Å². The zero-order valence-corrected chi connectivity index (χ0v) is 17.9. The molecule has 31 heavy (non-hydrogen) atoms. The molecule has 3 aromatic rings. The quantitative estimate of drug-likeness (QED) is 0.535. The Balaban J connectivity index is 1.55. The molecule has 0 fully saturated rings. The molecule has 1 heterocycles. The molecule has 0 unspecified atom stereocenters. The van der Waals surface area contributed by atoms with Gasteiger partial charge in [-0.25, -0.2) is 4.98 Å². The smallest absolute Gasteiger partial charge is 0.224 e. The molecule has 1 N–H and O–H groups in total. The van der Waals surface area contributed by atoms with E-state index in [0.717, 1.165) is 23.3 Å². The summed E-state index contributed by atoms with van der Waals surface area (Å²) in [6.45, 7) is 0.549. The lowest BCUT2D eigenvalue weighted by Gasteiger charge is -2.12. The van der Waals surface area contributed by atoms with Crippen molar-refractivity contribution < 1.29 is 23.7 Å². The molecule has 2 aromatic carbocycles. The summed E-state index contributed by atoms with van der Waals surface area (Å²) in [6.07, 6.45) is 2.55. The van der Waals surface area contributed by atoms with E-state index < -0.39 is 0 Å². The highest BCUT2D eigenvalue weighted by Crippen LogP contribution is 2.32. The highest BCUT2D eigenvalue weighted by molar-refractivity contribution is 5.78. The molecule has 0 aliphatic heterocycles. The van der Waals surface area contributed by atoms with Gasteiger partial charge in [0.15, 0.2) is 11.5 Å². The van der Waals surface area contributed by atoms with E-state index in [1.54, 1.807) is 51.8 Å². The molecule has 1 amide bonds. The minimum absolute atomic E-state index is 0.0598. The maximum absolute atomic E-state index is 12.3. The van der Waals surface area contributed by atoms with Gasteiger partial charge in [-0.15, -0.1) is 0 Å². The third kappa shape index (κ3) is 6.37. The van der Waals surface area contributed by atoms with Crippen molar-refractivity contribution in [2.24, 2.45) is 0 Å². The molecular weight excluding hydrogens is 396 g/mol. The molecule has 0 atom stereocenters. The normalized spacial score (nSPS) is 10.3. The van der Waals surface area contributed by atoms with Crippen molar-refractivity contribution in [3.8, 4) is 28.9 Å². The number of methoxy groups -OCH3 is 3. The van der Waals surface area contributed by atoms with E-state index in [1.807, 2.05) is 30.3 Å². The minimum Gasteiger partial charge on any atom is -0.497 e. The van der Waals surface area contributed by atoms with E-state index in [-0.39, 0.29) is 12.3 Å². The summed E-state index contributed by atoms with van der Waals surface area (Å²) in [5.74, 6) is 2.86. The van der Waals surface area contributed by atoms with E-state index in [4.69, 9.17) is 18.9 Å². The Morgan fingerprint density at radius 1 is 0.871 bits per heavy atom. The van der Waals surface area contributed by atoms with E-state index in [9.17, 15) is 4.79 Å². The molecule has 0 spiro atoms. The zero-order valence-electron chi connectivity index (χ0n) is 17.9. The number of amides is 1. The first-order chi connectivity index (χ1) is 15.1. The van der Waals surface area contributed by atoms with Gasteiger partial charge in [-0.05, 0) is 47.9 Å². The van der Waals surface area contributed by atoms with E-state index in [0.29, 0.717) is 29.7 Å². The summed E-state index contributed by atoms with van der Waals surface area (Å²) in [5, 5.41) is 2.95. The average Bonchev–Trinajstić information content (AvgIpc) is 2.80. The third-order valence-corrected chi connectivity index (χ3v) is 4.62. The second-order valence-corrected chi connectivity index (χ2v) is 6.75. The molecule has 0 aliphatic carbocycles. The maximum Gasteiger partial charge on any atom is 0.224 e. The van der Waals surface area contributed by atoms with Crippen LogP contribution in [0.2, 0.25) is 0 Å². The summed E-state index contributed by atoms with van der Waals surface area (Å²) < 4.78 is 21.5. The van der Waals surface area contributed by atoms with Crippen LogP contribution >= 0.6 is 0 Å². The average molecular weight is 422 g/mol. The molecular formula is C24H26N2O5. The summed E-state index contributed by atoms with van der Waals surface area (Å²) in [6, 6.07) is 16.7. The second kappa shape index (κ2) is 10.9. The Morgan fingerprint density at radius 3 is 2.42 bits per heavy atom. The van der Waals surface area contributed by atoms with Crippen LogP contribution in [0.4, 0.5) is 0 Å². The molecule has 0 radical (unpaired) electrons. The van der Waals surface area contributed by atoms with Crippen LogP contribution in [0.15, 0.2) is 60.8 Å². The fraction of sp³-hybridized carbons (Fsp3) is 0.250. The lowest BCUT2D eigenvalue weighted by molar-refractivity contribution is -0.120. The lowest BCUT2D eigenvalue weighted by atomic mass is 10.1. The minimum atomic E-state index is -0.0598. The van der Waals surface area contributed by atoms with Crippen molar-refractivity contribution in [3.63, 3.8) is 0 Å². The van der Waals surface area contributed by atoms with Gasteiger partial charge in [-0.3, -0.25) is 4.79 Å². The SMILES string of the molecule is COc1ccc(Oc2ccc(CC(=O)NCCc3cccc(OC)c3)cc2OC)nc1. The van der Waals surface area contributed by atoms with Gasteiger partial charge in [0.2, 0.25) is 11.8 Å². The number of carbonyl (C=O) groups is 1. The molecule has 0 bridgehead atoms. The first kappa shape index (κ1) is 22.0. The number of carbonyl (C=O) groups excluding carboxylic acids is 1. The van der Waals surface area contributed by atoms with Crippen LogP contribution in [0.1, 0.15) is 11.1 Å². The molecule has 3 rings (SSSR count). The number of benzene rings is 2. The van der Waals surface area contributed by atoms with Gasteiger partial charge in [0, 0.05) is 12.6 Å². The van der Waals surface area contributed by atoms with Gasteiger partial charge in [-0.1, -0.05) is 18.2 Å². The van der Waals surface area contributed by atoms with Crippen LogP contribution in [-0.4, -0.2) is 38.8 Å². The van der Waals surface area contributed by atoms with E-state index >= 15 is 0 Å². The van der Waals surface area contributed by atoms with Gasteiger partial charge in [-0.2, -0.15) is 0 Å². The van der Waals surface area contributed by atoms with E-state index in [2.05, 4.69) is 10.3 Å². The summed E-state index contributed by atoms with van der Waals surface area (Å²) in [5.41, 5.74) is 1.93. The Hall–Kier alpha value is -3.74. The first-order valence-electron chi connectivity index (χ1n) is 9.85. The van der Waals surface area contributed by atoms with Gasteiger partial charge in [0.05, 0.1) is 33.9 Å². The van der Waals surface area contributed by atoms with Crippen LogP contribution < -0.4 is 24.3 Å². The van der Waals surface area contributed by atoms with Crippen molar-refractivity contribution in [1.82, 2.24) is 10.3 Å². The zero-order chi connectivity index (χ0) is 22.1. The van der Waals surface area contributed by atoms with Gasteiger partial charge in [0.1, 0.15) is 11.5 Å². The molecule has 0 saturated carbocycles. The van der Waals surface area contributed by atoms with Crippen LogP contribution in [0, 0.1) is 0 Å². The Kier molecular flexibility index (Phi) is 7.70. The fourth-order valence-electron chi connectivity index (χ4n) is 2.99. The lowest BCUT2D eigenvalue weighted by Crippen LogP contribution is -2.27. The van der Waals surface area contributed by atoms with Crippen LogP contribution in [0.25, 0.3) is 0 Å². The fourth-order valence-corrected chi connectivity index (χ4v) is 2.99. The summed E-state index contributed by atoms with van der Waals surface area (Å²) in [7, 11) is 4.77. The standard InChI is InChI=1S/C24H26N2O5/c1-28-19-6-4-5-17(13-19)11-12-25-23(27)15-18-7-9-21(22(14-18)30-3)31-24-10-8-20(29-2)16-26-24/h4-10,13-14,16H,11-12,15H2,1-3H3,(H,25,27). The van der Waals surface area contributed by atoms with Gasteiger partial charge >= 0.3 is 0 Å². The number of pyridine rings is 1. The van der Waals surface area contributed by atoms with Crippen molar-refractivity contribution in [3.05, 3.63) is 71.9 Å². The Labute approximate surface area is 181 Å². The van der Waals surface area contributed by atoms with Crippen molar-refractivity contribution >= 4 is 5.91 Å². The molecule has 7 heteroatoms. The highest BCUT2D eigenvalue weighted by Gasteiger charge is 2.11. The number of ether oxygens (including phenoxy) is 4. The van der Waals surface area contributed by atoms with Gasteiger partial charge < -0.3 is 24.3 Å². The van der Waals surface area contributed by atoms with Gasteiger partial charge in [0.25, 0.3) is 0 Å².